The number of rotatable bonds is 6. The highest BCUT2D eigenvalue weighted by atomic mass is 16.7. The number of hydrogen-bond donors (Lipinski definition) is 4. The van der Waals surface area contributed by atoms with Gasteiger partial charge in [-0.3, -0.25) is 0 Å². The normalized spacial score (nSPS) is 30.9. The summed E-state index contributed by atoms with van der Waals surface area (Å²) >= 11 is 0. The Kier molecular flexibility index (Phi) is 9.10. The number of aliphatic hydroxyl groups excluding tert-OH is 4. The van der Waals surface area contributed by atoms with Gasteiger partial charge in [-0.2, -0.15) is 0 Å². The van der Waals surface area contributed by atoms with E-state index in [-0.39, 0.29) is 6.61 Å². The predicted molar refractivity (Wildman–Crippen MR) is 79.4 cm³/mol. The Balaban J connectivity index is 2.28. The van der Waals surface area contributed by atoms with Crippen LogP contribution in [0.4, 0.5) is 0 Å². The van der Waals surface area contributed by atoms with Gasteiger partial charge in [0.1, 0.15) is 24.4 Å². The molecule has 0 aromatic carbocycles. The van der Waals surface area contributed by atoms with Crippen LogP contribution in [0.5, 0.6) is 0 Å². The third-order valence-electron chi connectivity index (χ3n) is 3.19. The lowest BCUT2D eigenvalue weighted by atomic mass is 9.99. The van der Waals surface area contributed by atoms with E-state index in [2.05, 4.69) is 30.6 Å². The smallest absolute Gasteiger partial charge is 0.186 e. The molecule has 1 aliphatic rings. The standard InChI is InChI=1S/C16H24O6/c1-2-3-4-5-6-7-8-9-10-21-16-15(20)14(19)13(18)12(11-17)22-16/h12-20H,2-3,8-11H2,1H3. The molecule has 22 heavy (non-hydrogen) atoms. The minimum atomic E-state index is -1.41. The van der Waals surface area contributed by atoms with Gasteiger partial charge in [-0.15, -0.1) is 0 Å². The summed E-state index contributed by atoms with van der Waals surface area (Å²) in [6.45, 7) is 1.87. The molecule has 0 aromatic rings. The van der Waals surface area contributed by atoms with Crippen LogP contribution < -0.4 is 0 Å². The molecule has 0 saturated carbocycles. The van der Waals surface area contributed by atoms with Crippen molar-refractivity contribution in [3.63, 3.8) is 0 Å². The molecule has 1 heterocycles. The van der Waals surface area contributed by atoms with E-state index >= 15 is 0 Å². The van der Waals surface area contributed by atoms with Crippen molar-refractivity contribution in [3.8, 4) is 23.7 Å². The van der Waals surface area contributed by atoms with Crippen molar-refractivity contribution < 1.29 is 29.9 Å². The highest BCUT2D eigenvalue weighted by molar-refractivity contribution is 5.25. The monoisotopic (exact) mass is 312 g/mol. The number of unbranched alkanes of at least 4 members (excludes halogenated alkanes) is 2. The first-order chi connectivity index (χ1) is 10.6. The lowest BCUT2D eigenvalue weighted by Crippen LogP contribution is -2.59. The van der Waals surface area contributed by atoms with E-state index in [4.69, 9.17) is 14.6 Å². The van der Waals surface area contributed by atoms with E-state index in [1.165, 1.54) is 0 Å². The van der Waals surface area contributed by atoms with Crippen molar-refractivity contribution in [1.29, 1.82) is 0 Å². The second-order valence-electron chi connectivity index (χ2n) is 5.03. The summed E-state index contributed by atoms with van der Waals surface area (Å²) in [7, 11) is 0. The predicted octanol–water partition coefficient (Wildman–Crippen LogP) is -0.610. The van der Waals surface area contributed by atoms with Crippen LogP contribution in [-0.2, 0) is 9.47 Å². The summed E-state index contributed by atoms with van der Waals surface area (Å²) < 4.78 is 10.5. The summed E-state index contributed by atoms with van der Waals surface area (Å²) in [4.78, 5) is 0. The highest BCUT2D eigenvalue weighted by Gasteiger charge is 2.43. The zero-order chi connectivity index (χ0) is 16.4. The molecular formula is C16H24O6. The van der Waals surface area contributed by atoms with Crippen LogP contribution in [0.2, 0.25) is 0 Å². The SMILES string of the molecule is CCCC#CC#CCCCOC1OC(CO)C(O)C(O)C1O. The molecule has 0 amide bonds. The fourth-order valence-corrected chi connectivity index (χ4v) is 1.90. The minimum Gasteiger partial charge on any atom is -0.394 e. The summed E-state index contributed by atoms with van der Waals surface area (Å²) in [5.41, 5.74) is 0. The van der Waals surface area contributed by atoms with Gasteiger partial charge in [0.25, 0.3) is 0 Å². The van der Waals surface area contributed by atoms with Crippen LogP contribution >= 0.6 is 0 Å². The van der Waals surface area contributed by atoms with Gasteiger partial charge in [0, 0.05) is 12.8 Å². The Morgan fingerprint density at radius 1 is 1.00 bits per heavy atom. The van der Waals surface area contributed by atoms with Gasteiger partial charge in [0.2, 0.25) is 0 Å². The van der Waals surface area contributed by atoms with Crippen LogP contribution in [0.25, 0.3) is 0 Å². The number of ether oxygens (including phenoxy) is 2. The number of aliphatic hydroxyl groups is 4. The van der Waals surface area contributed by atoms with Gasteiger partial charge >= 0.3 is 0 Å². The molecule has 5 atom stereocenters. The van der Waals surface area contributed by atoms with E-state index in [0.29, 0.717) is 12.8 Å². The number of hydrogen-bond acceptors (Lipinski definition) is 6. The van der Waals surface area contributed by atoms with Crippen molar-refractivity contribution in [2.24, 2.45) is 0 Å². The Hall–Kier alpha value is -1.12. The summed E-state index contributed by atoms with van der Waals surface area (Å²) in [6, 6.07) is 0. The lowest BCUT2D eigenvalue weighted by molar-refractivity contribution is -0.301. The molecule has 124 valence electrons. The van der Waals surface area contributed by atoms with Crippen LogP contribution in [0.3, 0.4) is 0 Å². The van der Waals surface area contributed by atoms with Crippen molar-refractivity contribution in [2.45, 2.75) is 63.3 Å². The Morgan fingerprint density at radius 3 is 2.32 bits per heavy atom. The molecule has 1 aliphatic heterocycles. The first-order valence-electron chi connectivity index (χ1n) is 7.49. The first kappa shape index (κ1) is 18.9. The van der Waals surface area contributed by atoms with Crippen LogP contribution in [0.15, 0.2) is 0 Å². The zero-order valence-corrected chi connectivity index (χ0v) is 12.7. The Morgan fingerprint density at radius 2 is 1.68 bits per heavy atom. The molecule has 1 rings (SSSR count). The molecular weight excluding hydrogens is 288 g/mol. The average molecular weight is 312 g/mol. The molecule has 0 aliphatic carbocycles. The van der Waals surface area contributed by atoms with Crippen molar-refractivity contribution >= 4 is 0 Å². The third kappa shape index (κ3) is 5.94. The first-order valence-corrected chi connectivity index (χ1v) is 7.49. The van der Waals surface area contributed by atoms with E-state index in [1.54, 1.807) is 0 Å². The maximum atomic E-state index is 9.76. The summed E-state index contributed by atoms with van der Waals surface area (Å²) in [6.07, 6.45) is -3.09. The maximum Gasteiger partial charge on any atom is 0.186 e. The summed E-state index contributed by atoms with van der Waals surface area (Å²) in [5.74, 6) is 11.3. The molecule has 0 radical (unpaired) electrons. The van der Waals surface area contributed by atoms with Crippen molar-refractivity contribution in [1.82, 2.24) is 0 Å². The molecule has 6 heteroatoms. The fraction of sp³-hybridized carbons (Fsp3) is 0.750. The highest BCUT2D eigenvalue weighted by Crippen LogP contribution is 2.21. The van der Waals surface area contributed by atoms with Crippen LogP contribution in [0, 0.1) is 23.7 Å². The van der Waals surface area contributed by atoms with Gasteiger partial charge in [-0.1, -0.05) is 18.8 Å². The van der Waals surface area contributed by atoms with E-state index < -0.39 is 37.3 Å². The molecule has 5 unspecified atom stereocenters. The lowest BCUT2D eigenvalue weighted by Gasteiger charge is -2.39. The molecule has 0 aromatic heterocycles. The Bertz CT molecular complexity index is 427. The van der Waals surface area contributed by atoms with Gasteiger partial charge in [-0.25, -0.2) is 0 Å². The largest absolute Gasteiger partial charge is 0.394 e. The van der Waals surface area contributed by atoms with E-state index in [1.807, 2.05) is 0 Å². The van der Waals surface area contributed by atoms with Crippen LogP contribution in [0.1, 0.15) is 32.6 Å². The molecule has 4 N–H and O–H groups in total. The fourth-order valence-electron chi connectivity index (χ4n) is 1.90. The van der Waals surface area contributed by atoms with Crippen LogP contribution in [-0.4, -0.2) is 64.3 Å². The molecule has 0 spiro atoms. The Labute approximate surface area is 131 Å². The second-order valence-corrected chi connectivity index (χ2v) is 5.03. The maximum absolute atomic E-state index is 9.76. The van der Waals surface area contributed by atoms with Gasteiger partial charge in [0.15, 0.2) is 6.29 Å². The summed E-state index contributed by atoms with van der Waals surface area (Å²) in [5, 5.41) is 38.0. The molecule has 1 saturated heterocycles. The quantitative estimate of drug-likeness (QED) is 0.386. The van der Waals surface area contributed by atoms with Gasteiger partial charge < -0.3 is 29.9 Å². The van der Waals surface area contributed by atoms with E-state index in [0.717, 1.165) is 12.8 Å². The van der Waals surface area contributed by atoms with E-state index in [9.17, 15) is 15.3 Å². The third-order valence-corrected chi connectivity index (χ3v) is 3.19. The second kappa shape index (κ2) is 10.6. The average Bonchev–Trinajstić information content (AvgIpc) is 2.53. The van der Waals surface area contributed by atoms with Gasteiger partial charge in [0.05, 0.1) is 13.2 Å². The minimum absolute atomic E-state index is 0.278. The zero-order valence-electron chi connectivity index (χ0n) is 12.7. The van der Waals surface area contributed by atoms with Crippen molar-refractivity contribution in [2.75, 3.05) is 13.2 Å². The molecule has 6 nitrogen and oxygen atoms in total. The molecule has 0 bridgehead atoms. The molecule has 1 fully saturated rings. The van der Waals surface area contributed by atoms with Gasteiger partial charge in [-0.05, 0) is 24.7 Å². The van der Waals surface area contributed by atoms with Crippen molar-refractivity contribution in [3.05, 3.63) is 0 Å². The topological polar surface area (TPSA) is 99.4 Å².